The first kappa shape index (κ1) is 59.8. The molecule has 0 saturated carbocycles. The van der Waals surface area contributed by atoms with Gasteiger partial charge in [0.05, 0.1) is 47.1 Å². The standard InChI is InChI=1S/C70H78N4O6.Zn/c1-3-5-7-9-11-13-15-17-19-21-47-79-55-35-31-51(32-36-55)67-61-43-41-59(72-61)65(49-23-27-53(28-24-49)69(75)76)57-39-40-58(71-57)66(50-25-29-54(30-26-50)70(77)78)60-42-44-62(73-60)68(64-46-45-63(67)74-64)52-33-37-56(38-34-52)80-48-22-20-18-16-14-12-10-8-6-4-2;/h23-46H,3-22,47-48H2,1-2H3,(H4,71,72,73,74,75,76,77,78);/q;+2/p-2. The Hall–Kier alpha value is -7.36. The molecule has 0 unspecified atom stereocenters. The van der Waals surface area contributed by atoms with E-state index in [1.165, 1.54) is 103 Å². The molecule has 10 nitrogen and oxygen atoms in total. The second-order valence-corrected chi connectivity index (χ2v) is 21.2. The number of aromatic carboxylic acids is 2. The van der Waals surface area contributed by atoms with Crippen LogP contribution in [0, 0.1) is 0 Å². The average molecular weight is 1130 g/mol. The molecule has 414 valence electrons. The zero-order valence-corrected chi connectivity index (χ0v) is 50.4. The summed E-state index contributed by atoms with van der Waals surface area (Å²) in [6, 6.07) is 37.9. The molecule has 0 atom stereocenters. The normalized spacial score (nSPS) is 11.7. The Bertz CT molecular complexity index is 3190. The summed E-state index contributed by atoms with van der Waals surface area (Å²) in [5.41, 5.74) is 12.1. The summed E-state index contributed by atoms with van der Waals surface area (Å²) in [4.78, 5) is 45.6. The molecule has 0 saturated heterocycles. The van der Waals surface area contributed by atoms with Gasteiger partial charge in [0.1, 0.15) is 11.5 Å². The Balaban J connectivity index is 0.00000860. The predicted molar refractivity (Wildman–Crippen MR) is 327 cm³/mol. The minimum atomic E-state index is -1.02. The molecular formula is C70H76N4O6Zn. The van der Waals surface area contributed by atoms with Gasteiger partial charge in [-0.2, -0.15) is 0 Å². The Morgan fingerprint density at radius 2 is 0.605 bits per heavy atom. The maximum Gasteiger partial charge on any atom is 2.00 e. The number of hydrogen-bond acceptors (Lipinski definition) is 6. The molecule has 3 aromatic heterocycles. The second-order valence-electron chi connectivity index (χ2n) is 21.2. The van der Waals surface area contributed by atoms with Crippen LogP contribution < -0.4 is 19.4 Å². The fourth-order valence-electron chi connectivity index (χ4n) is 10.8. The van der Waals surface area contributed by atoms with Gasteiger partial charge in [-0.25, -0.2) is 19.6 Å². The Kier molecular flexibility index (Phi) is 22.5. The van der Waals surface area contributed by atoms with Gasteiger partial charge in [-0.1, -0.05) is 202 Å². The Morgan fingerprint density at radius 3 is 0.864 bits per heavy atom. The maximum atomic E-state index is 12.0. The number of carboxylic acid groups (broad SMARTS) is 2. The molecule has 11 heteroatoms. The van der Waals surface area contributed by atoms with Crippen LogP contribution in [0.25, 0.3) is 90.9 Å². The van der Waals surface area contributed by atoms with Crippen LogP contribution in [0.15, 0.2) is 121 Å². The number of nitrogens with zero attached hydrogens (tertiary/aromatic N) is 4. The predicted octanol–water partition coefficient (Wildman–Crippen LogP) is 18.6. The quantitative estimate of drug-likeness (QED) is 0.0329. The van der Waals surface area contributed by atoms with Crippen molar-refractivity contribution in [3.05, 3.63) is 155 Å². The zero-order chi connectivity index (χ0) is 55.5. The molecule has 2 aliphatic heterocycles. The van der Waals surface area contributed by atoms with E-state index < -0.39 is 11.9 Å². The number of ether oxygens (including phenoxy) is 2. The van der Waals surface area contributed by atoms with Crippen molar-refractivity contribution >= 4 is 58.3 Å². The Labute approximate surface area is 491 Å². The first-order valence-electron chi connectivity index (χ1n) is 29.5. The first-order chi connectivity index (χ1) is 39.3. The molecule has 8 bridgehead atoms. The van der Waals surface area contributed by atoms with Crippen LogP contribution in [0.4, 0.5) is 0 Å². The third-order valence-electron chi connectivity index (χ3n) is 15.3. The van der Waals surface area contributed by atoms with Gasteiger partial charge in [-0.15, -0.1) is 22.1 Å². The summed E-state index contributed by atoms with van der Waals surface area (Å²) < 4.78 is 12.6. The molecule has 0 aliphatic carbocycles. The van der Waals surface area contributed by atoms with Gasteiger partial charge in [-0.05, 0) is 130 Å². The molecular weight excluding hydrogens is 1060 g/mol. The van der Waals surface area contributed by atoms with Crippen molar-refractivity contribution < 1.29 is 48.8 Å². The second kappa shape index (κ2) is 30.5. The molecule has 0 fully saturated rings. The number of aromatic nitrogens is 4. The topological polar surface area (TPSA) is 147 Å². The minimum Gasteiger partial charge on any atom is -0.657 e. The van der Waals surface area contributed by atoms with Gasteiger partial charge in [-0.3, -0.25) is 0 Å². The van der Waals surface area contributed by atoms with Crippen LogP contribution >= 0.6 is 0 Å². The van der Waals surface area contributed by atoms with Crippen molar-refractivity contribution in [3.8, 4) is 56.0 Å². The van der Waals surface area contributed by atoms with E-state index in [9.17, 15) is 19.8 Å². The summed E-state index contributed by atoms with van der Waals surface area (Å²) >= 11 is 0. The van der Waals surface area contributed by atoms with E-state index in [-0.39, 0.29) is 30.6 Å². The number of rotatable bonds is 30. The van der Waals surface area contributed by atoms with Crippen molar-refractivity contribution in [3.63, 3.8) is 0 Å². The summed E-state index contributed by atoms with van der Waals surface area (Å²) in [7, 11) is 0. The SMILES string of the molecule is CCCCCCCCCCCCOc1ccc(-c2c3nc(c(-c4ccc(OCCCCCCCCCCCC)cc4)c4ccc([n-]4)c(-c4ccc(C(=O)O)cc4)c4nc(c(-c5ccc(C(=O)O)cc5)c5ccc2[n-]5)C=C4)C=C3)cc1.[Zn+2]. The molecule has 7 aromatic rings. The van der Waals surface area contributed by atoms with E-state index in [1.807, 2.05) is 72.8 Å². The van der Waals surface area contributed by atoms with Gasteiger partial charge < -0.3 is 29.7 Å². The van der Waals surface area contributed by atoms with Gasteiger partial charge in [0.25, 0.3) is 0 Å². The number of benzene rings is 4. The van der Waals surface area contributed by atoms with Crippen molar-refractivity contribution in [2.24, 2.45) is 0 Å². The maximum absolute atomic E-state index is 12.0. The van der Waals surface area contributed by atoms with Crippen molar-refractivity contribution in [1.82, 2.24) is 19.9 Å². The molecule has 0 spiro atoms. The molecule has 4 aromatic carbocycles. The largest absolute Gasteiger partial charge is 2.00 e. The first-order valence-corrected chi connectivity index (χ1v) is 29.5. The number of carboxylic acids is 2. The van der Waals surface area contributed by atoms with E-state index in [0.29, 0.717) is 57.8 Å². The monoisotopic (exact) mass is 1130 g/mol. The van der Waals surface area contributed by atoms with Crippen LogP contribution in [0.1, 0.15) is 186 Å². The third kappa shape index (κ3) is 16.0. The van der Waals surface area contributed by atoms with Crippen LogP contribution in [-0.2, 0) is 19.5 Å². The fraction of sp³-hybridized carbons (Fsp3) is 0.343. The molecule has 81 heavy (non-hydrogen) atoms. The van der Waals surface area contributed by atoms with Gasteiger partial charge in [0, 0.05) is 0 Å². The van der Waals surface area contributed by atoms with E-state index >= 15 is 0 Å². The number of hydrogen-bond donors (Lipinski definition) is 2. The number of unbranched alkanes of at least 4 members (excludes halogenated alkanes) is 18. The van der Waals surface area contributed by atoms with Crippen LogP contribution in [0.3, 0.4) is 0 Å². The summed E-state index contributed by atoms with van der Waals surface area (Å²) in [5.74, 6) is -0.422. The molecule has 5 heterocycles. The van der Waals surface area contributed by atoms with Crippen molar-refractivity contribution in [2.75, 3.05) is 13.2 Å². The molecule has 2 N–H and O–H groups in total. The van der Waals surface area contributed by atoms with Crippen LogP contribution in [0.5, 0.6) is 11.5 Å². The van der Waals surface area contributed by atoms with E-state index in [4.69, 9.17) is 29.4 Å². The summed E-state index contributed by atoms with van der Waals surface area (Å²) in [6.07, 6.45) is 33.3. The number of fused-ring (bicyclic) bond motifs is 8. The summed E-state index contributed by atoms with van der Waals surface area (Å²) in [6.45, 7) is 5.85. The average Bonchev–Trinajstić information content (AvgIpc) is 4.37. The van der Waals surface area contributed by atoms with E-state index in [1.54, 1.807) is 48.5 Å². The molecule has 0 amide bonds. The minimum absolute atomic E-state index is 0. The third-order valence-corrected chi connectivity index (χ3v) is 15.3. The fourth-order valence-corrected chi connectivity index (χ4v) is 10.8. The van der Waals surface area contributed by atoms with Gasteiger partial charge >= 0.3 is 31.4 Å². The molecule has 0 radical (unpaired) electrons. The van der Waals surface area contributed by atoms with Gasteiger partial charge in [0.2, 0.25) is 0 Å². The van der Waals surface area contributed by atoms with Crippen molar-refractivity contribution in [1.29, 1.82) is 0 Å². The number of carbonyl (C=O) groups is 2. The van der Waals surface area contributed by atoms with Gasteiger partial charge in [0.15, 0.2) is 0 Å². The zero-order valence-electron chi connectivity index (χ0n) is 47.4. The smallest absolute Gasteiger partial charge is 0.657 e. The molecule has 2 aliphatic rings. The molecule has 9 rings (SSSR count). The Morgan fingerprint density at radius 1 is 0.358 bits per heavy atom. The van der Waals surface area contributed by atoms with E-state index in [0.717, 1.165) is 82.0 Å². The van der Waals surface area contributed by atoms with E-state index in [2.05, 4.69) is 38.1 Å². The van der Waals surface area contributed by atoms with Crippen LogP contribution in [0.2, 0.25) is 0 Å². The van der Waals surface area contributed by atoms with Crippen LogP contribution in [-0.4, -0.2) is 45.3 Å². The summed E-state index contributed by atoms with van der Waals surface area (Å²) in [5, 5.41) is 19.7. The van der Waals surface area contributed by atoms with Crippen molar-refractivity contribution in [2.45, 2.75) is 142 Å².